The van der Waals surface area contributed by atoms with Crippen molar-refractivity contribution >= 4 is 22.5 Å². The predicted octanol–water partition coefficient (Wildman–Crippen LogP) is 4.78. The number of halogens is 3. The van der Waals surface area contributed by atoms with Crippen LogP contribution in [0.3, 0.4) is 0 Å². The lowest BCUT2D eigenvalue weighted by Gasteiger charge is -2.12. The van der Waals surface area contributed by atoms with Crippen LogP contribution in [-0.4, -0.2) is 20.5 Å². The molecule has 2 aromatic carbocycles. The van der Waals surface area contributed by atoms with Crippen molar-refractivity contribution in [2.45, 2.75) is 12.8 Å². The van der Waals surface area contributed by atoms with E-state index >= 15 is 0 Å². The minimum Gasteiger partial charge on any atom is -0.478 e. The van der Waals surface area contributed by atoms with E-state index in [0.717, 1.165) is 12.1 Å². The first kappa shape index (κ1) is 17.8. The number of carboxylic acids is 1. The van der Waals surface area contributed by atoms with E-state index in [0.29, 0.717) is 22.1 Å². The molecule has 0 fully saturated rings. The second kappa shape index (κ2) is 6.56. The van der Waals surface area contributed by atoms with Crippen molar-refractivity contribution in [2.75, 3.05) is 0 Å². The maximum absolute atomic E-state index is 12.9. The van der Waals surface area contributed by atoms with Gasteiger partial charge >= 0.3 is 12.1 Å². The maximum atomic E-state index is 12.9. The van der Waals surface area contributed by atoms with Crippen molar-refractivity contribution < 1.29 is 27.8 Å². The average Bonchev–Trinajstić information content (AvgIpc) is 3.15. The van der Waals surface area contributed by atoms with E-state index in [4.69, 9.17) is 4.74 Å². The highest BCUT2D eigenvalue weighted by Crippen LogP contribution is 2.30. The first-order chi connectivity index (χ1) is 13.3. The predicted molar refractivity (Wildman–Crippen MR) is 95.4 cm³/mol. The molecule has 5 nitrogen and oxygen atoms in total. The molecule has 0 spiro atoms. The Balaban J connectivity index is 1.72. The van der Waals surface area contributed by atoms with Crippen molar-refractivity contribution in [3.05, 3.63) is 77.5 Å². The molecule has 0 aliphatic heterocycles. The topological polar surface area (TPSA) is 63.8 Å². The number of carbonyl (C=O) groups is 1. The third-order valence-corrected chi connectivity index (χ3v) is 4.30. The molecule has 0 aliphatic rings. The van der Waals surface area contributed by atoms with Crippen LogP contribution in [0.25, 0.3) is 16.6 Å². The van der Waals surface area contributed by atoms with Gasteiger partial charge in [0.2, 0.25) is 5.88 Å². The summed E-state index contributed by atoms with van der Waals surface area (Å²) in [4.78, 5) is 15.6. The standard InChI is InChI=1S/C20H13F3N2O3/c21-20(22,23)14-4-1-3-12(9-14)11-28-18-17-5-2-8-25(17)16-7-6-13(19(26)27)10-15(16)24-18/h1-10H,11H2,(H,26,27). The highest BCUT2D eigenvalue weighted by Gasteiger charge is 2.30. The van der Waals surface area contributed by atoms with Gasteiger partial charge in [-0.3, -0.25) is 0 Å². The van der Waals surface area contributed by atoms with Crippen LogP contribution in [0, 0.1) is 0 Å². The number of rotatable bonds is 4. The van der Waals surface area contributed by atoms with Gasteiger partial charge in [-0.2, -0.15) is 13.2 Å². The normalized spacial score (nSPS) is 11.8. The summed E-state index contributed by atoms with van der Waals surface area (Å²) in [5, 5.41) is 9.17. The SMILES string of the molecule is O=C(O)c1ccc2c(c1)nc(OCc1cccc(C(F)(F)F)c1)c1cccn12. The van der Waals surface area contributed by atoms with E-state index in [1.807, 2.05) is 0 Å². The van der Waals surface area contributed by atoms with Crippen LogP contribution in [0.15, 0.2) is 60.8 Å². The second-order valence-electron chi connectivity index (χ2n) is 6.18. The van der Waals surface area contributed by atoms with Crippen LogP contribution in [0.1, 0.15) is 21.5 Å². The molecule has 0 atom stereocenters. The number of hydrogen-bond donors (Lipinski definition) is 1. The molecule has 0 bridgehead atoms. The summed E-state index contributed by atoms with van der Waals surface area (Å²) in [6.07, 6.45) is -2.66. The minimum absolute atomic E-state index is 0.0790. The molecule has 0 amide bonds. The number of ether oxygens (including phenoxy) is 1. The first-order valence-corrected chi connectivity index (χ1v) is 8.26. The van der Waals surface area contributed by atoms with E-state index in [1.165, 1.54) is 24.3 Å². The van der Waals surface area contributed by atoms with Crippen molar-refractivity contribution in [1.82, 2.24) is 9.38 Å². The molecule has 0 aliphatic carbocycles. The van der Waals surface area contributed by atoms with Gasteiger partial charge in [-0.15, -0.1) is 0 Å². The molecule has 0 saturated heterocycles. The zero-order valence-electron chi connectivity index (χ0n) is 14.3. The van der Waals surface area contributed by atoms with Crippen LogP contribution in [0.4, 0.5) is 13.2 Å². The Kier molecular flexibility index (Phi) is 4.18. The van der Waals surface area contributed by atoms with Crippen molar-refractivity contribution in [3.8, 4) is 5.88 Å². The summed E-state index contributed by atoms with van der Waals surface area (Å²) in [6, 6.07) is 13.0. The third kappa shape index (κ3) is 3.24. The first-order valence-electron chi connectivity index (χ1n) is 8.26. The van der Waals surface area contributed by atoms with Gasteiger partial charge in [0.05, 0.1) is 22.2 Å². The molecular weight excluding hydrogens is 373 g/mol. The number of hydrogen-bond acceptors (Lipinski definition) is 3. The molecule has 0 unspecified atom stereocenters. The number of carboxylic acid groups (broad SMARTS) is 1. The Labute approximate surface area is 156 Å². The lowest BCUT2D eigenvalue weighted by Crippen LogP contribution is -2.07. The van der Waals surface area contributed by atoms with Gasteiger partial charge in [0.1, 0.15) is 12.1 Å². The van der Waals surface area contributed by atoms with Gasteiger partial charge in [-0.25, -0.2) is 9.78 Å². The number of benzene rings is 2. The quantitative estimate of drug-likeness (QED) is 0.548. The number of alkyl halides is 3. The Hall–Kier alpha value is -3.55. The molecule has 1 N–H and O–H groups in total. The minimum atomic E-state index is -4.43. The lowest BCUT2D eigenvalue weighted by atomic mass is 10.1. The number of aromatic nitrogens is 2. The Morgan fingerprint density at radius 2 is 1.89 bits per heavy atom. The highest BCUT2D eigenvalue weighted by molar-refractivity contribution is 5.93. The molecule has 0 saturated carbocycles. The van der Waals surface area contributed by atoms with Gasteiger partial charge in [-0.05, 0) is 48.0 Å². The van der Waals surface area contributed by atoms with E-state index < -0.39 is 17.7 Å². The third-order valence-electron chi connectivity index (χ3n) is 4.30. The van der Waals surface area contributed by atoms with E-state index in [2.05, 4.69) is 4.98 Å². The van der Waals surface area contributed by atoms with Gasteiger partial charge in [0, 0.05) is 6.20 Å². The average molecular weight is 386 g/mol. The molecule has 2 aromatic heterocycles. The van der Waals surface area contributed by atoms with Gasteiger partial charge in [0.15, 0.2) is 0 Å². The fraction of sp³-hybridized carbons (Fsp3) is 0.100. The van der Waals surface area contributed by atoms with Gasteiger partial charge in [0.25, 0.3) is 0 Å². The van der Waals surface area contributed by atoms with Gasteiger partial charge < -0.3 is 14.2 Å². The van der Waals surface area contributed by atoms with Crippen molar-refractivity contribution in [3.63, 3.8) is 0 Å². The summed E-state index contributed by atoms with van der Waals surface area (Å²) in [7, 11) is 0. The molecular formula is C20H13F3N2O3. The molecule has 8 heteroatoms. The Morgan fingerprint density at radius 1 is 1.07 bits per heavy atom. The summed E-state index contributed by atoms with van der Waals surface area (Å²) in [5.41, 5.74) is 1.40. The maximum Gasteiger partial charge on any atom is 0.416 e. The van der Waals surface area contributed by atoms with Crippen LogP contribution in [0.2, 0.25) is 0 Å². The van der Waals surface area contributed by atoms with Crippen LogP contribution in [-0.2, 0) is 12.8 Å². The van der Waals surface area contributed by atoms with Crippen LogP contribution < -0.4 is 4.74 Å². The molecule has 4 aromatic rings. The number of aromatic carboxylic acids is 1. The molecule has 142 valence electrons. The number of fused-ring (bicyclic) bond motifs is 3. The fourth-order valence-corrected chi connectivity index (χ4v) is 2.98. The Morgan fingerprint density at radius 3 is 2.64 bits per heavy atom. The Bertz CT molecular complexity index is 1200. The molecule has 28 heavy (non-hydrogen) atoms. The van der Waals surface area contributed by atoms with E-state index in [9.17, 15) is 23.1 Å². The van der Waals surface area contributed by atoms with E-state index in [-0.39, 0.29) is 18.1 Å². The highest BCUT2D eigenvalue weighted by atomic mass is 19.4. The summed E-state index contributed by atoms with van der Waals surface area (Å²) < 4.78 is 46.1. The second-order valence-corrected chi connectivity index (χ2v) is 6.18. The summed E-state index contributed by atoms with van der Waals surface area (Å²) >= 11 is 0. The van der Waals surface area contributed by atoms with Crippen LogP contribution in [0.5, 0.6) is 5.88 Å². The monoisotopic (exact) mass is 386 g/mol. The van der Waals surface area contributed by atoms with E-state index in [1.54, 1.807) is 28.8 Å². The summed E-state index contributed by atoms with van der Waals surface area (Å²) in [5.74, 6) is -0.875. The lowest BCUT2D eigenvalue weighted by molar-refractivity contribution is -0.137. The summed E-state index contributed by atoms with van der Waals surface area (Å²) in [6.45, 7) is -0.109. The zero-order valence-corrected chi connectivity index (χ0v) is 14.3. The smallest absolute Gasteiger partial charge is 0.416 e. The van der Waals surface area contributed by atoms with Crippen molar-refractivity contribution in [1.29, 1.82) is 0 Å². The number of nitrogens with zero attached hydrogens (tertiary/aromatic N) is 2. The largest absolute Gasteiger partial charge is 0.478 e. The molecule has 0 radical (unpaired) electrons. The van der Waals surface area contributed by atoms with Gasteiger partial charge in [-0.1, -0.05) is 12.1 Å². The van der Waals surface area contributed by atoms with Crippen LogP contribution >= 0.6 is 0 Å². The van der Waals surface area contributed by atoms with Crippen molar-refractivity contribution in [2.24, 2.45) is 0 Å². The zero-order chi connectivity index (χ0) is 19.9. The molecule has 2 heterocycles. The fourth-order valence-electron chi connectivity index (χ4n) is 2.98. The molecule has 4 rings (SSSR count).